The largest absolute Gasteiger partial charge is 0.508 e. The van der Waals surface area contributed by atoms with Crippen molar-refractivity contribution in [2.45, 2.75) is 19.4 Å². The lowest BCUT2D eigenvalue weighted by molar-refractivity contribution is 0.463. The van der Waals surface area contributed by atoms with Gasteiger partial charge in [0, 0.05) is 6.04 Å². The predicted molar refractivity (Wildman–Crippen MR) is 45.4 cm³/mol. The quantitative estimate of drug-likeness (QED) is 0.703. The summed E-state index contributed by atoms with van der Waals surface area (Å²) >= 11 is 0. The molecular weight excluding hydrogens is 157 g/mol. The Bertz CT molecular complexity index is 273. The van der Waals surface area contributed by atoms with Crippen LogP contribution in [-0.4, -0.2) is 11.1 Å². The van der Waals surface area contributed by atoms with E-state index in [-0.39, 0.29) is 17.6 Å². The second kappa shape index (κ2) is 3.54. The fourth-order valence-corrected chi connectivity index (χ4v) is 1.06. The molecule has 3 heteroatoms. The maximum absolute atomic E-state index is 12.6. The summed E-state index contributed by atoms with van der Waals surface area (Å²) in [5.74, 6) is -0.239. The maximum atomic E-state index is 12.6. The summed E-state index contributed by atoms with van der Waals surface area (Å²) in [5.41, 5.74) is 6.07. The molecule has 0 heterocycles. The van der Waals surface area contributed by atoms with Crippen molar-refractivity contribution in [1.29, 1.82) is 0 Å². The van der Waals surface area contributed by atoms with E-state index < -0.39 is 0 Å². The first kappa shape index (κ1) is 9.00. The topological polar surface area (TPSA) is 46.2 Å². The number of hydrogen-bond donors (Lipinski definition) is 2. The molecule has 0 saturated heterocycles. The molecule has 3 N–H and O–H groups in total. The van der Waals surface area contributed by atoms with Crippen molar-refractivity contribution < 1.29 is 9.50 Å². The molecule has 1 atom stereocenters. The highest BCUT2D eigenvalue weighted by molar-refractivity contribution is 5.33. The average molecular weight is 169 g/mol. The zero-order valence-electron chi connectivity index (χ0n) is 6.92. The lowest BCUT2D eigenvalue weighted by Crippen LogP contribution is -2.17. The third kappa shape index (κ3) is 2.20. The summed E-state index contributed by atoms with van der Waals surface area (Å²) in [6, 6.07) is 3.80. The number of phenols is 1. The molecule has 0 amide bonds. The van der Waals surface area contributed by atoms with Gasteiger partial charge >= 0.3 is 0 Å². The predicted octanol–water partition coefficient (Wildman–Crippen LogP) is 1.42. The number of aromatic hydroxyl groups is 1. The van der Waals surface area contributed by atoms with Crippen molar-refractivity contribution in [3.05, 3.63) is 29.6 Å². The summed E-state index contributed by atoms with van der Waals surface area (Å²) < 4.78 is 12.6. The zero-order valence-corrected chi connectivity index (χ0v) is 6.92. The molecule has 66 valence electrons. The van der Waals surface area contributed by atoms with Crippen LogP contribution in [0.3, 0.4) is 0 Å². The molecule has 2 nitrogen and oxygen atoms in total. The Labute approximate surface area is 70.8 Å². The molecule has 0 aliphatic carbocycles. The minimum atomic E-state index is -0.344. The van der Waals surface area contributed by atoms with E-state index in [1.54, 1.807) is 0 Å². The highest BCUT2D eigenvalue weighted by Crippen LogP contribution is 2.18. The zero-order chi connectivity index (χ0) is 9.14. The molecule has 1 aromatic carbocycles. The lowest BCUT2D eigenvalue weighted by Gasteiger charge is -2.06. The molecule has 0 spiro atoms. The van der Waals surface area contributed by atoms with Gasteiger partial charge in [-0.2, -0.15) is 0 Å². The number of nitrogens with two attached hydrogens (primary N) is 1. The Morgan fingerprint density at radius 2 is 2.25 bits per heavy atom. The molecule has 1 rings (SSSR count). The highest BCUT2D eigenvalue weighted by atomic mass is 19.1. The number of halogens is 1. The molecule has 1 aromatic rings. The Hall–Kier alpha value is -1.09. The van der Waals surface area contributed by atoms with E-state index in [9.17, 15) is 9.50 Å². The van der Waals surface area contributed by atoms with Crippen LogP contribution >= 0.6 is 0 Å². The molecule has 0 aliphatic heterocycles. The molecule has 0 bridgehead atoms. The van der Waals surface area contributed by atoms with Crippen molar-refractivity contribution in [2.75, 3.05) is 0 Å². The second-order valence-corrected chi connectivity index (χ2v) is 2.95. The van der Waals surface area contributed by atoms with Crippen LogP contribution in [0.15, 0.2) is 18.2 Å². The summed E-state index contributed by atoms with van der Waals surface area (Å²) in [6.07, 6.45) is 0.490. The van der Waals surface area contributed by atoms with Crippen LogP contribution in [-0.2, 0) is 6.42 Å². The van der Waals surface area contributed by atoms with E-state index >= 15 is 0 Å². The monoisotopic (exact) mass is 169 g/mol. The van der Waals surface area contributed by atoms with Crippen LogP contribution in [0, 0.1) is 5.82 Å². The van der Waals surface area contributed by atoms with Crippen molar-refractivity contribution >= 4 is 0 Å². The minimum Gasteiger partial charge on any atom is -0.508 e. The van der Waals surface area contributed by atoms with Gasteiger partial charge in [-0.3, -0.25) is 0 Å². The van der Waals surface area contributed by atoms with Crippen LogP contribution in [0.2, 0.25) is 0 Å². The van der Waals surface area contributed by atoms with E-state index in [1.165, 1.54) is 18.2 Å². The van der Waals surface area contributed by atoms with Crippen LogP contribution in [0.5, 0.6) is 5.75 Å². The lowest BCUT2D eigenvalue weighted by atomic mass is 10.1. The molecule has 0 radical (unpaired) electrons. The number of phenolic OH excluding ortho intramolecular Hbond substituents is 1. The van der Waals surface area contributed by atoms with Crippen LogP contribution in [0.4, 0.5) is 4.39 Å². The SMILES string of the molecule is CC(N)Cc1cc(F)ccc1O. The Balaban J connectivity index is 2.90. The Morgan fingerprint density at radius 3 is 2.83 bits per heavy atom. The van der Waals surface area contributed by atoms with Gasteiger partial charge in [0.25, 0.3) is 0 Å². The average Bonchev–Trinajstić information content (AvgIpc) is 1.96. The third-order valence-electron chi connectivity index (χ3n) is 1.58. The number of rotatable bonds is 2. The highest BCUT2D eigenvalue weighted by Gasteiger charge is 2.04. The molecule has 0 aromatic heterocycles. The van der Waals surface area contributed by atoms with E-state index in [0.29, 0.717) is 12.0 Å². The number of benzene rings is 1. The van der Waals surface area contributed by atoms with Crippen molar-refractivity contribution in [2.24, 2.45) is 5.73 Å². The first-order valence-corrected chi connectivity index (χ1v) is 3.82. The van der Waals surface area contributed by atoms with E-state index in [0.717, 1.165) is 0 Å². The fourth-order valence-electron chi connectivity index (χ4n) is 1.06. The standard InChI is InChI=1S/C9H12FNO/c1-6(11)4-7-5-8(10)2-3-9(7)12/h2-3,5-6,12H,4,11H2,1H3. The molecule has 0 saturated carbocycles. The van der Waals surface area contributed by atoms with Gasteiger partial charge in [-0.1, -0.05) is 0 Å². The molecule has 0 aliphatic rings. The van der Waals surface area contributed by atoms with Gasteiger partial charge in [0.15, 0.2) is 0 Å². The van der Waals surface area contributed by atoms with Gasteiger partial charge in [0.2, 0.25) is 0 Å². The fraction of sp³-hybridized carbons (Fsp3) is 0.333. The number of hydrogen-bond acceptors (Lipinski definition) is 2. The van der Waals surface area contributed by atoms with Gasteiger partial charge in [-0.05, 0) is 37.1 Å². The van der Waals surface area contributed by atoms with Crippen molar-refractivity contribution in [3.8, 4) is 5.75 Å². The third-order valence-corrected chi connectivity index (χ3v) is 1.58. The van der Waals surface area contributed by atoms with E-state index in [4.69, 9.17) is 5.73 Å². The summed E-state index contributed by atoms with van der Waals surface area (Å²) in [4.78, 5) is 0. The smallest absolute Gasteiger partial charge is 0.123 e. The first-order chi connectivity index (χ1) is 5.59. The van der Waals surface area contributed by atoms with Gasteiger partial charge in [-0.15, -0.1) is 0 Å². The van der Waals surface area contributed by atoms with E-state index in [1.807, 2.05) is 6.92 Å². The Morgan fingerprint density at radius 1 is 1.58 bits per heavy atom. The van der Waals surface area contributed by atoms with Crippen molar-refractivity contribution in [3.63, 3.8) is 0 Å². The molecular formula is C9H12FNO. The molecule has 1 unspecified atom stereocenters. The van der Waals surface area contributed by atoms with Gasteiger partial charge in [0.1, 0.15) is 11.6 Å². The first-order valence-electron chi connectivity index (χ1n) is 3.82. The van der Waals surface area contributed by atoms with Gasteiger partial charge in [-0.25, -0.2) is 4.39 Å². The van der Waals surface area contributed by atoms with Gasteiger partial charge in [0.05, 0.1) is 0 Å². The second-order valence-electron chi connectivity index (χ2n) is 2.95. The molecule has 0 fully saturated rings. The maximum Gasteiger partial charge on any atom is 0.123 e. The normalized spacial score (nSPS) is 12.9. The van der Waals surface area contributed by atoms with E-state index in [2.05, 4.69) is 0 Å². The summed E-state index contributed by atoms with van der Waals surface area (Å²) in [6.45, 7) is 1.81. The van der Waals surface area contributed by atoms with Crippen molar-refractivity contribution in [1.82, 2.24) is 0 Å². The summed E-state index contributed by atoms with van der Waals surface area (Å²) in [5, 5.41) is 9.26. The van der Waals surface area contributed by atoms with Gasteiger partial charge < -0.3 is 10.8 Å². The van der Waals surface area contributed by atoms with Crippen LogP contribution in [0.25, 0.3) is 0 Å². The van der Waals surface area contributed by atoms with Crippen LogP contribution in [0.1, 0.15) is 12.5 Å². The summed E-state index contributed by atoms with van der Waals surface area (Å²) in [7, 11) is 0. The minimum absolute atomic E-state index is 0.0716. The Kier molecular flexibility index (Phi) is 2.65. The van der Waals surface area contributed by atoms with Crippen LogP contribution < -0.4 is 5.73 Å². The molecule has 12 heavy (non-hydrogen) atoms.